The lowest BCUT2D eigenvalue weighted by molar-refractivity contribution is -0.173. The fourth-order valence-electron chi connectivity index (χ4n) is 4.08. The lowest BCUT2D eigenvalue weighted by Crippen LogP contribution is -2.61. The highest BCUT2D eigenvalue weighted by molar-refractivity contribution is 5.77. The summed E-state index contributed by atoms with van der Waals surface area (Å²) in [5.74, 6) is -0.150. The standard InChI is InChI=1S/C15H25NO4/c1-18-13(17)12(15(19-2)4-3-5-15)16-8-6-14(10-16)7-9-20-11-14/h12H,3-11H2,1-2H3/t12-,14+/m0/s1. The first-order valence-corrected chi connectivity index (χ1v) is 7.60. The fourth-order valence-corrected chi connectivity index (χ4v) is 4.08. The molecule has 2 aliphatic heterocycles. The largest absolute Gasteiger partial charge is 0.468 e. The first-order chi connectivity index (χ1) is 9.65. The highest BCUT2D eigenvalue weighted by Crippen LogP contribution is 2.45. The van der Waals surface area contributed by atoms with Gasteiger partial charge in [-0.1, -0.05) is 0 Å². The van der Waals surface area contributed by atoms with E-state index in [4.69, 9.17) is 14.2 Å². The maximum absolute atomic E-state index is 12.3. The molecule has 3 aliphatic rings. The fraction of sp³-hybridized carbons (Fsp3) is 0.933. The molecule has 1 spiro atoms. The van der Waals surface area contributed by atoms with Gasteiger partial charge in [0.2, 0.25) is 0 Å². The van der Waals surface area contributed by atoms with Crippen molar-refractivity contribution in [1.82, 2.24) is 4.90 Å². The smallest absolute Gasteiger partial charge is 0.326 e. The van der Waals surface area contributed by atoms with E-state index in [9.17, 15) is 4.79 Å². The highest BCUT2D eigenvalue weighted by Gasteiger charge is 2.55. The van der Waals surface area contributed by atoms with Crippen LogP contribution < -0.4 is 0 Å². The molecule has 0 aromatic rings. The third kappa shape index (κ3) is 2.16. The van der Waals surface area contributed by atoms with Crippen LogP contribution in [-0.4, -0.2) is 63.0 Å². The summed E-state index contributed by atoms with van der Waals surface area (Å²) in [5, 5.41) is 0. The number of hydrogen-bond acceptors (Lipinski definition) is 5. The van der Waals surface area contributed by atoms with Gasteiger partial charge in [-0.25, -0.2) is 0 Å². The molecule has 2 heterocycles. The summed E-state index contributed by atoms with van der Waals surface area (Å²) in [6, 6.07) is -0.258. The molecule has 0 aromatic carbocycles. The van der Waals surface area contributed by atoms with Crippen molar-refractivity contribution in [2.75, 3.05) is 40.5 Å². The number of methoxy groups -OCH3 is 2. The molecular weight excluding hydrogens is 258 g/mol. The summed E-state index contributed by atoms with van der Waals surface area (Å²) >= 11 is 0. The molecule has 5 nitrogen and oxygen atoms in total. The van der Waals surface area contributed by atoms with Crippen LogP contribution in [-0.2, 0) is 19.0 Å². The van der Waals surface area contributed by atoms with Crippen molar-refractivity contribution in [2.24, 2.45) is 5.41 Å². The van der Waals surface area contributed by atoms with Gasteiger partial charge in [-0.15, -0.1) is 0 Å². The molecule has 2 saturated heterocycles. The zero-order chi connectivity index (χ0) is 14.2. The number of hydrogen-bond donors (Lipinski definition) is 0. The molecule has 20 heavy (non-hydrogen) atoms. The zero-order valence-electron chi connectivity index (χ0n) is 12.5. The molecule has 0 aromatic heterocycles. The van der Waals surface area contributed by atoms with Crippen LogP contribution >= 0.6 is 0 Å². The summed E-state index contributed by atoms with van der Waals surface area (Å²) in [4.78, 5) is 14.6. The molecule has 1 aliphatic carbocycles. The average Bonchev–Trinajstić information content (AvgIpc) is 3.04. The molecule has 0 amide bonds. The number of ether oxygens (including phenoxy) is 3. The maximum Gasteiger partial charge on any atom is 0.326 e. The van der Waals surface area contributed by atoms with E-state index >= 15 is 0 Å². The third-order valence-corrected chi connectivity index (χ3v) is 5.55. The molecule has 5 heteroatoms. The Balaban J connectivity index is 1.78. The van der Waals surface area contributed by atoms with Crippen LogP contribution in [0.1, 0.15) is 32.1 Å². The van der Waals surface area contributed by atoms with Crippen molar-refractivity contribution < 1.29 is 19.0 Å². The Labute approximate surface area is 120 Å². The monoisotopic (exact) mass is 283 g/mol. The Morgan fingerprint density at radius 2 is 2.05 bits per heavy atom. The molecule has 114 valence electrons. The van der Waals surface area contributed by atoms with Crippen LogP contribution in [0.3, 0.4) is 0 Å². The van der Waals surface area contributed by atoms with E-state index in [0.29, 0.717) is 0 Å². The Morgan fingerprint density at radius 1 is 1.25 bits per heavy atom. The molecule has 2 atom stereocenters. The van der Waals surface area contributed by atoms with Crippen LogP contribution in [0, 0.1) is 5.41 Å². The lowest BCUT2D eigenvalue weighted by atomic mass is 9.73. The molecule has 0 radical (unpaired) electrons. The van der Waals surface area contributed by atoms with E-state index in [2.05, 4.69) is 4.90 Å². The lowest BCUT2D eigenvalue weighted by Gasteiger charge is -2.48. The van der Waals surface area contributed by atoms with E-state index in [-0.39, 0.29) is 23.0 Å². The molecule has 0 N–H and O–H groups in total. The van der Waals surface area contributed by atoms with Gasteiger partial charge in [-0.2, -0.15) is 0 Å². The van der Waals surface area contributed by atoms with Crippen molar-refractivity contribution in [3.63, 3.8) is 0 Å². The van der Waals surface area contributed by atoms with Crippen molar-refractivity contribution in [2.45, 2.75) is 43.7 Å². The van der Waals surface area contributed by atoms with Crippen LogP contribution in [0.5, 0.6) is 0 Å². The normalized spacial score (nSPS) is 34.1. The second-order valence-corrected chi connectivity index (χ2v) is 6.57. The molecule has 3 rings (SSSR count). The van der Waals surface area contributed by atoms with Gasteiger partial charge < -0.3 is 14.2 Å². The highest BCUT2D eigenvalue weighted by atomic mass is 16.5. The Kier molecular flexibility index (Phi) is 3.77. The van der Waals surface area contributed by atoms with Gasteiger partial charge in [0.05, 0.1) is 19.3 Å². The van der Waals surface area contributed by atoms with Gasteiger partial charge >= 0.3 is 5.97 Å². The topological polar surface area (TPSA) is 48.0 Å². The molecule has 3 fully saturated rings. The first kappa shape index (κ1) is 14.3. The SMILES string of the molecule is COC(=O)[C@H](N1CC[C@@]2(CCOC2)C1)C1(OC)CCC1. The van der Waals surface area contributed by atoms with Gasteiger partial charge in [-0.3, -0.25) is 9.69 Å². The number of esters is 1. The van der Waals surface area contributed by atoms with Gasteiger partial charge in [0, 0.05) is 25.7 Å². The second-order valence-electron chi connectivity index (χ2n) is 6.57. The number of likely N-dealkylation sites (tertiary alicyclic amines) is 1. The van der Waals surface area contributed by atoms with Crippen LogP contribution in [0.15, 0.2) is 0 Å². The number of nitrogens with zero attached hydrogens (tertiary/aromatic N) is 1. The molecule has 1 saturated carbocycles. The molecule has 0 bridgehead atoms. The summed E-state index contributed by atoms with van der Waals surface area (Å²) in [6.45, 7) is 3.55. The van der Waals surface area contributed by atoms with Gasteiger partial charge in [0.15, 0.2) is 0 Å². The predicted molar refractivity (Wildman–Crippen MR) is 73.5 cm³/mol. The number of carbonyl (C=O) groups is 1. The van der Waals surface area contributed by atoms with Crippen molar-refractivity contribution in [1.29, 1.82) is 0 Å². The average molecular weight is 283 g/mol. The molecule has 0 unspecified atom stereocenters. The van der Waals surface area contributed by atoms with E-state index in [1.54, 1.807) is 7.11 Å². The van der Waals surface area contributed by atoms with E-state index in [0.717, 1.165) is 58.4 Å². The predicted octanol–water partition coefficient (Wildman–Crippen LogP) is 1.21. The number of rotatable bonds is 4. The Morgan fingerprint density at radius 3 is 2.55 bits per heavy atom. The minimum Gasteiger partial charge on any atom is -0.468 e. The summed E-state index contributed by atoms with van der Waals surface area (Å²) < 4.78 is 16.4. The van der Waals surface area contributed by atoms with E-state index in [1.807, 2.05) is 0 Å². The third-order valence-electron chi connectivity index (χ3n) is 5.55. The first-order valence-electron chi connectivity index (χ1n) is 7.60. The van der Waals surface area contributed by atoms with E-state index < -0.39 is 0 Å². The van der Waals surface area contributed by atoms with Crippen LogP contribution in [0.4, 0.5) is 0 Å². The minimum atomic E-state index is -0.335. The summed E-state index contributed by atoms with van der Waals surface area (Å²) in [6.07, 6.45) is 5.24. The second kappa shape index (κ2) is 5.28. The van der Waals surface area contributed by atoms with Crippen molar-refractivity contribution in [3.05, 3.63) is 0 Å². The van der Waals surface area contributed by atoms with E-state index in [1.165, 1.54) is 7.11 Å². The van der Waals surface area contributed by atoms with Crippen molar-refractivity contribution in [3.8, 4) is 0 Å². The maximum atomic E-state index is 12.3. The van der Waals surface area contributed by atoms with Gasteiger partial charge in [0.1, 0.15) is 6.04 Å². The van der Waals surface area contributed by atoms with Crippen molar-refractivity contribution >= 4 is 5.97 Å². The number of carbonyl (C=O) groups excluding carboxylic acids is 1. The van der Waals surface area contributed by atoms with Crippen LogP contribution in [0.2, 0.25) is 0 Å². The molecular formula is C15H25NO4. The van der Waals surface area contributed by atoms with Crippen LogP contribution in [0.25, 0.3) is 0 Å². The van der Waals surface area contributed by atoms with Gasteiger partial charge in [0.25, 0.3) is 0 Å². The van der Waals surface area contributed by atoms with Gasteiger partial charge in [-0.05, 0) is 38.6 Å². The quantitative estimate of drug-likeness (QED) is 0.726. The Hall–Kier alpha value is -0.650. The summed E-state index contributed by atoms with van der Waals surface area (Å²) in [5.41, 5.74) is -0.0803. The zero-order valence-corrected chi connectivity index (χ0v) is 12.5. The summed E-state index contributed by atoms with van der Waals surface area (Å²) in [7, 11) is 3.20. The Bertz CT molecular complexity index is 369. The minimum absolute atomic E-state index is 0.150.